The quantitative estimate of drug-likeness (QED) is 0.818. The van der Waals surface area contributed by atoms with Crippen LogP contribution in [0.2, 0.25) is 0 Å². The standard InChI is InChI=1S/C12H16N2O/c1-7(2)12-14-11-8(3)9(6-13)4-5-10(11)15-12/h4-5,7H,6,13H2,1-3H3. The van der Waals surface area contributed by atoms with Crippen LogP contribution in [-0.4, -0.2) is 4.98 Å². The van der Waals surface area contributed by atoms with Crippen molar-refractivity contribution >= 4 is 11.1 Å². The first kappa shape index (κ1) is 10.2. The molecule has 0 radical (unpaired) electrons. The predicted octanol–water partition coefficient (Wildman–Crippen LogP) is 2.72. The van der Waals surface area contributed by atoms with Crippen LogP contribution in [0.15, 0.2) is 16.5 Å². The van der Waals surface area contributed by atoms with Gasteiger partial charge in [-0.25, -0.2) is 4.98 Å². The second-order valence-electron chi connectivity index (χ2n) is 4.11. The number of nitrogens with two attached hydrogens (primary N) is 1. The molecule has 3 nitrogen and oxygen atoms in total. The Morgan fingerprint density at radius 1 is 1.40 bits per heavy atom. The van der Waals surface area contributed by atoms with E-state index in [1.54, 1.807) is 0 Å². The third-order valence-corrected chi connectivity index (χ3v) is 2.66. The van der Waals surface area contributed by atoms with Crippen LogP contribution in [0, 0.1) is 6.92 Å². The van der Waals surface area contributed by atoms with Crippen molar-refractivity contribution in [3.05, 3.63) is 29.2 Å². The third-order valence-electron chi connectivity index (χ3n) is 2.66. The van der Waals surface area contributed by atoms with Gasteiger partial charge in [-0.05, 0) is 24.1 Å². The summed E-state index contributed by atoms with van der Waals surface area (Å²) in [5, 5.41) is 0. The number of hydrogen-bond donors (Lipinski definition) is 1. The molecule has 0 saturated heterocycles. The van der Waals surface area contributed by atoms with Gasteiger partial charge < -0.3 is 10.2 Å². The molecular formula is C12H16N2O. The largest absolute Gasteiger partial charge is 0.440 e. The van der Waals surface area contributed by atoms with E-state index >= 15 is 0 Å². The van der Waals surface area contributed by atoms with Gasteiger partial charge >= 0.3 is 0 Å². The lowest BCUT2D eigenvalue weighted by Gasteiger charge is -2.00. The molecule has 3 heteroatoms. The van der Waals surface area contributed by atoms with Crippen LogP contribution in [0.1, 0.15) is 36.8 Å². The van der Waals surface area contributed by atoms with Crippen LogP contribution in [0.3, 0.4) is 0 Å². The molecule has 0 atom stereocenters. The molecule has 2 rings (SSSR count). The molecular weight excluding hydrogens is 188 g/mol. The first-order valence-corrected chi connectivity index (χ1v) is 5.22. The number of aryl methyl sites for hydroxylation is 1. The lowest BCUT2D eigenvalue weighted by atomic mass is 10.1. The Morgan fingerprint density at radius 2 is 2.13 bits per heavy atom. The van der Waals surface area contributed by atoms with E-state index in [4.69, 9.17) is 10.2 Å². The van der Waals surface area contributed by atoms with Gasteiger partial charge in [-0.15, -0.1) is 0 Å². The van der Waals surface area contributed by atoms with Crippen LogP contribution >= 0.6 is 0 Å². The van der Waals surface area contributed by atoms with E-state index in [2.05, 4.69) is 18.8 Å². The number of rotatable bonds is 2. The van der Waals surface area contributed by atoms with Crippen LogP contribution in [-0.2, 0) is 6.54 Å². The minimum atomic E-state index is 0.318. The molecule has 2 aromatic rings. The molecule has 2 N–H and O–H groups in total. The molecule has 0 amide bonds. The van der Waals surface area contributed by atoms with E-state index in [1.165, 1.54) is 0 Å². The molecule has 0 aliphatic rings. The summed E-state index contributed by atoms with van der Waals surface area (Å²) in [6.07, 6.45) is 0. The van der Waals surface area contributed by atoms with E-state index in [1.807, 2.05) is 19.1 Å². The molecule has 0 unspecified atom stereocenters. The zero-order valence-corrected chi connectivity index (χ0v) is 9.37. The molecule has 1 aromatic heterocycles. The highest BCUT2D eigenvalue weighted by Gasteiger charge is 2.12. The van der Waals surface area contributed by atoms with Crippen molar-refractivity contribution in [2.75, 3.05) is 0 Å². The smallest absolute Gasteiger partial charge is 0.198 e. The summed E-state index contributed by atoms with van der Waals surface area (Å²) in [6, 6.07) is 3.95. The first-order valence-electron chi connectivity index (χ1n) is 5.22. The number of nitrogens with zero attached hydrogens (tertiary/aromatic N) is 1. The zero-order chi connectivity index (χ0) is 11.0. The summed E-state index contributed by atoms with van der Waals surface area (Å²) in [6.45, 7) is 6.73. The summed E-state index contributed by atoms with van der Waals surface area (Å²) < 4.78 is 5.66. The number of fused-ring (bicyclic) bond motifs is 1. The Morgan fingerprint density at radius 3 is 2.73 bits per heavy atom. The maximum absolute atomic E-state index is 5.66. The fraction of sp³-hybridized carbons (Fsp3) is 0.417. The molecule has 1 heterocycles. The summed E-state index contributed by atoms with van der Waals surface area (Å²) in [5.74, 6) is 1.11. The van der Waals surface area contributed by atoms with E-state index in [0.29, 0.717) is 12.5 Å². The van der Waals surface area contributed by atoms with Crippen LogP contribution < -0.4 is 5.73 Å². The molecule has 80 valence electrons. The third kappa shape index (κ3) is 1.63. The van der Waals surface area contributed by atoms with Crippen LogP contribution in [0.4, 0.5) is 0 Å². The number of benzene rings is 1. The molecule has 0 fully saturated rings. The Bertz CT molecular complexity index is 486. The van der Waals surface area contributed by atoms with Gasteiger partial charge in [-0.2, -0.15) is 0 Å². The average Bonchev–Trinajstić information content (AvgIpc) is 2.63. The highest BCUT2D eigenvalue weighted by molar-refractivity contribution is 5.77. The minimum Gasteiger partial charge on any atom is -0.440 e. The second kappa shape index (κ2) is 3.66. The van der Waals surface area contributed by atoms with E-state index in [-0.39, 0.29) is 0 Å². The fourth-order valence-electron chi connectivity index (χ4n) is 1.65. The van der Waals surface area contributed by atoms with Crippen molar-refractivity contribution in [1.29, 1.82) is 0 Å². The second-order valence-corrected chi connectivity index (χ2v) is 4.11. The summed E-state index contributed by atoms with van der Waals surface area (Å²) in [5.41, 5.74) is 9.71. The Balaban J connectivity index is 2.66. The van der Waals surface area contributed by atoms with Gasteiger partial charge in [0.25, 0.3) is 0 Å². The van der Waals surface area contributed by atoms with E-state index in [9.17, 15) is 0 Å². The molecule has 15 heavy (non-hydrogen) atoms. The number of aromatic nitrogens is 1. The predicted molar refractivity (Wildman–Crippen MR) is 60.7 cm³/mol. The first-order chi connectivity index (χ1) is 7.13. The van der Waals surface area contributed by atoms with Crippen molar-refractivity contribution in [2.45, 2.75) is 33.2 Å². The van der Waals surface area contributed by atoms with Crippen molar-refractivity contribution in [1.82, 2.24) is 4.98 Å². The molecule has 0 bridgehead atoms. The monoisotopic (exact) mass is 204 g/mol. The van der Waals surface area contributed by atoms with E-state index in [0.717, 1.165) is 28.1 Å². The fourth-order valence-corrected chi connectivity index (χ4v) is 1.65. The summed E-state index contributed by atoms with van der Waals surface area (Å²) >= 11 is 0. The van der Waals surface area contributed by atoms with E-state index < -0.39 is 0 Å². The zero-order valence-electron chi connectivity index (χ0n) is 9.37. The normalized spacial score (nSPS) is 11.5. The van der Waals surface area contributed by atoms with Crippen molar-refractivity contribution < 1.29 is 4.42 Å². The van der Waals surface area contributed by atoms with Crippen molar-refractivity contribution in [3.63, 3.8) is 0 Å². The lowest BCUT2D eigenvalue weighted by molar-refractivity contribution is 0.501. The highest BCUT2D eigenvalue weighted by atomic mass is 16.3. The molecule has 0 aliphatic carbocycles. The van der Waals surface area contributed by atoms with Crippen LogP contribution in [0.5, 0.6) is 0 Å². The molecule has 1 aromatic carbocycles. The lowest BCUT2D eigenvalue weighted by Crippen LogP contribution is -1.99. The van der Waals surface area contributed by atoms with Crippen molar-refractivity contribution in [3.8, 4) is 0 Å². The molecule has 0 aliphatic heterocycles. The maximum Gasteiger partial charge on any atom is 0.198 e. The highest BCUT2D eigenvalue weighted by Crippen LogP contribution is 2.25. The van der Waals surface area contributed by atoms with Gasteiger partial charge in [0.1, 0.15) is 5.52 Å². The van der Waals surface area contributed by atoms with Crippen molar-refractivity contribution in [2.24, 2.45) is 5.73 Å². The Hall–Kier alpha value is -1.35. The topological polar surface area (TPSA) is 52.0 Å². The summed E-state index contributed by atoms with van der Waals surface area (Å²) in [7, 11) is 0. The minimum absolute atomic E-state index is 0.318. The van der Waals surface area contributed by atoms with Crippen LogP contribution in [0.25, 0.3) is 11.1 Å². The Labute approximate surface area is 89.3 Å². The van der Waals surface area contributed by atoms with Gasteiger partial charge in [0.15, 0.2) is 11.5 Å². The number of hydrogen-bond acceptors (Lipinski definition) is 3. The van der Waals surface area contributed by atoms with Gasteiger partial charge in [0.2, 0.25) is 0 Å². The SMILES string of the molecule is Cc1c(CN)ccc2oc(C(C)C)nc12. The molecule has 0 saturated carbocycles. The summed E-state index contributed by atoms with van der Waals surface area (Å²) in [4.78, 5) is 4.50. The number of oxazole rings is 1. The van der Waals surface area contributed by atoms with Gasteiger partial charge in [-0.1, -0.05) is 19.9 Å². The average molecular weight is 204 g/mol. The maximum atomic E-state index is 5.66. The molecule has 0 spiro atoms. The van der Waals surface area contributed by atoms with Gasteiger partial charge in [0, 0.05) is 12.5 Å². The van der Waals surface area contributed by atoms with Gasteiger partial charge in [0.05, 0.1) is 0 Å². The Kier molecular flexibility index (Phi) is 2.49. The van der Waals surface area contributed by atoms with Gasteiger partial charge in [-0.3, -0.25) is 0 Å².